The summed E-state index contributed by atoms with van der Waals surface area (Å²) in [4.78, 5) is 25.6. The Kier molecular flexibility index (Phi) is 8.04. The predicted molar refractivity (Wildman–Crippen MR) is 128 cm³/mol. The third kappa shape index (κ3) is 5.63. The average Bonchev–Trinajstić information content (AvgIpc) is 3.51. The summed E-state index contributed by atoms with van der Waals surface area (Å²) in [6.07, 6.45) is 6.89. The van der Waals surface area contributed by atoms with Crippen molar-refractivity contribution < 1.29 is 9.21 Å². The third-order valence-electron chi connectivity index (χ3n) is 4.89. The number of halogens is 1. The second kappa shape index (κ2) is 10.9. The molecule has 10 heteroatoms. The van der Waals surface area contributed by atoms with Crippen molar-refractivity contribution in [3.05, 3.63) is 66.5 Å². The number of carbonyl (C=O) groups is 1. The lowest BCUT2D eigenvalue weighted by molar-refractivity contribution is 0.0657. The number of nitrogens with one attached hydrogen (secondary N) is 1. The van der Waals surface area contributed by atoms with Crippen molar-refractivity contribution in [2.45, 2.75) is 13.5 Å². The summed E-state index contributed by atoms with van der Waals surface area (Å²) in [5.74, 6) is 1.93. The van der Waals surface area contributed by atoms with E-state index in [1.165, 1.54) is 6.26 Å². The second-order valence-electron chi connectivity index (χ2n) is 6.90. The molecule has 3 aromatic heterocycles. The van der Waals surface area contributed by atoms with Crippen LogP contribution in [0.3, 0.4) is 0 Å². The Labute approximate surface area is 198 Å². The Hall–Kier alpha value is -2.89. The van der Waals surface area contributed by atoms with Crippen LogP contribution in [0, 0.1) is 0 Å². The quantitative estimate of drug-likeness (QED) is 0.307. The Morgan fingerprint density at radius 1 is 1.16 bits per heavy atom. The molecule has 1 aliphatic heterocycles. The largest absolute Gasteiger partial charge is 0.459 e. The van der Waals surface area contributed by atoms with E-state index in [2.05, 4.69) is 27.2 Å². The fourth-order valence-electron chi connectivity index (χ4n) is 3.36. The smallest absolute Gasteiger partial charge is 0.289 e. The summed E-state index contributed by atoms with van der Waals surface area (Å²) in [7, 11) is 0. The van der Waals surface area contributed by atoms with Crippen molar-refractivity contribution >= 4 is 35.8 Å². The van der Waals surface area contributed by atoms with E-state index < -0.39 is 0 Å². The SMILES string of the molecule is CCNC(=NCc1ccnc(-n2cccn2)c1)N1CCN(C(=O)c2ccco2)CC1.I. The summed E-state index contributed by atoms with van der Waals surface area (Å²) in [5.41, 5.74) is 1.05. The van der Waals surface area contributed by atoms with Crippen LogP contribution in [-0.2, 0) is 6.54 Å². The zero-order chi connectivity index (χ0) is 20.8. The van der Waals surface area contributed by atoms with Crippen LogP contribution < -0.4 is 5.32 Å². The molecule has 0 spiro atoms. The van der Waals surface area contributed by atoms with Crippen molar-refractivity contribution in [2.24, 2.45) is 4.99 Å². The molecular formula is C21H26IN7O2. The molecule has 3 aromatic rings. The first-order valence-corrected chi connectivity index (χ1v) is 10.1. The molecule has 1 amide bonds. The number of amides is 1. The molecule has 9 nitrogen and oxygen atoms in total. The van der Waals surface area contributed by atoms with Crippen LogP contribution in [0.15, 0.2) is 64.6 Å². The third-order valence-corrected chi connectivity index (χ3v) is 4.89. The first-order chi connectivity index (χ1) is 14.7. The lowest BCUT2D eigenvalue weighted by atomic mass is 10.2. The number of piperazine rings is 1. The topological polar surface area (TPSA) is 91.8 Å². The van der Waals surface area contributed by atoms with Crippen molar-refractivity contribution in [3.8, 4) is 5.82 Å². The van der Waals surface area contributed by atoms with Crippen molar-refractivity contribution in [1.82, 2.24) is 29.9 Å². The number of nitrogens with zero attached hydrogens (tertiary/aromatic N) is 6. The van der Waals surface area contributed by atoms with E-state index in [1.807, 2.05) is 29.3 Å². The molecule has 0 unspecified atom stereocenters. The van der Waals surface area contributed by atoms with Gasteiger partial charge in [0.15, 0.2) is 17.5 Å². The molecule has 0 aliphatic carbocycles. The maximum atomic E-state index is 12.5. The minimum absolute atomic E-state index is 0. The number of guanidine groups is 1. The molecule has 31 heavy (non-hydrogen) atoms. The minimum Gasteiger partial charge on any atom is -0.459 e. The van der Waals surface area contributed by atoms with Crippen LogP contribution in [0.5, 0.6) is 0 Å². The van der Waals surface area contributed by atoms with E-state index >= 15 is 0 Å². The Balaban J connectivity index is 0.00000272. The van der Waals surface area contributed by atoms with Crippen LogP contribution in [0.1, 0.15) is 23.0 Å². The molecule has 0 bridgehead atoms. The number of hydrogen-bond acceptors (Lipinski definition) is 5. The fraction of sp³-hybridized carbons (Fsp3) is 0.333. The van der Waals surface area contributed by atoms with Gasteiger partial charge in [-0.2, -0.15) is 5.10 Å². The highest BCUT2D eigenvalue weighted by Crippen LogP contribution is 2.11. The van der Waals surface area contributed by atoms with Crippen molar-refractivity contribution in [3.63, 3.8) is 0 Å². The van der Waals surface area contributed by atoms with Crippen LogP contribution in [0.2, 0.25) is 0 Å². The first kappa shape index (κ1) is 22.8. The van der Waals surface area contributed by atoms with E-state index in [0.29, 0.717) is 38.5 Å². The maximum Gasteiger partial charge on any atom is 0.289 e. The van der Waals surface area contributed by atoms with Crippen LogP contribution in [0.25, 0.3) is 5.82 Å². The molecule has 0 atom stereocenters. The van der Waals surface area contributed by atoms with Crippen molar-refractivity contribution in [2.75, 3.05) is 32.7 Å². The minimum atomic E-state index is -0.0653. The van der Waals surface area contributed by atoms with E-state index in [-0.39, 0.29) is 29.9 Å². The number of aromatic nitrogens is 3. The van der Waals surface area contributed by atoms with Crippen LogP contribution in [0.4, 0.5) is 0 Å². The highest BCUT2D eigenvalue weighted by molar-refractivity contribution is 14.0. The zero-order valence-electron chi connectivity index (χ0n) is 17.3. The number of carbonyl (C=O) groups excluding carboxylic acids is 1. The van der Waals surface area contributed by atoms with Gasteiger partial charge < -0.3 is 19.5 Å². The first-order valence-electron chi connectivity index (χ1n) is 10.1. The van der Waals surface area contributed by atoms with Gasteiger partial charge in [0, 0.05) is 51.3 Å². The van der Waals surface area contributed by atoms with E-state index in [1.54, 1.807) is 29.2 Å². The molecule has 4 heterocycles. The molecule has 164 valence electrons. The highest BCUT2D eigenvalue weighted by Gasteiger charge is 2.25. The van der Waals surface area contributed by atoms with Gasteiger partial charge in [-0.1, -0.05) is 0 Å². The number of furan rings is 1. The van der Waals surface area contributed by atoms with E-state index in [9.17, 15) is 4.79 Å². The average molecular weight is 535 g/mol. The summed E-state index contributed by atoms with van der Waals surface area (Å²) in [6, 6.07) is 9.24. The summed E-state index contributed by atoms with van der Waals surface area (Å²) in [5, 5.41) is 7.58. The van der Waals surface area contributed by atoms with Gasteiger partial charge in [-0.25, -0.2) is 14.7 Å². The van der Waals surface area contributed by atoms with Crippen LogP contribution in [-0.4, -0.2) is 69.2 Å². The van der Waals surface area contributed by atoms with Crippen LogP contribution >= 0.6 is 24.0 Å². The predicted octanol–water partition coefficient (Wildman–Crippen LogP) is 2.40. The van der Waals surface area contributed by atoms with Gasteiger partial charge in [0.1, 0.15) is 0 Å². The Bertz CT molecular complexity index is 981. The van der Waals surface area contributed by atoms with Gasteiger partial charge in [0.25, 0.3) is 5.91 Å². The standard InChI is InChI=1S/C21H25N7O2.HI/c1-2-22-21(24-16-17-6-8-23-19(15-17)28-9-4-7-25-28)27-12-10-26(11-13-27)20(29)18-5-3-14-30-18;/h3-9,14-15H,2,10-13,16H2,1H3,(H,22,24);1H. The Morgan fingerprint density at radius 3 is 2.65 bits per heavy atom. The Morgan fingerprint density at radius 2 is 1.97 bits per heavy atom. The molecule has 4 rings (SSSR count). The lowest BCUT2D eigenvalue weighted by Gasteiger charge is -2.36. The van der Waals surface area contributed by atoms with Gasteiger partial charge in [-0.05, 0) is 42.8 Å². The molecule has 1 saturated heterocycles. The highest BCUT2D eigenvalue weighted by atomic mass is 127. The normalized spacial score (nSPS) is 14.3. The molecule has 0 aromatic carbocycles. The number of aliphatic imine (C=N–C) groups is 1. The monoisotopic (exact) mass is 535 g/mol. The van der Waals surface area contributed by atoms with E-state index in [0.717, 1.165) is 23.9 Å². The second-order valence-corrected chi connectivity index (χ2v) is 6.90. The summed E-state index contributed by atoms with van der Waals surface area (Å²) < 4.78 is 6.96. The number of hydrogen-bond donors (Lipinski definition) is 1. The molecule has 1 N–H and O–H groups in total. The molecular weight excluding hydrogens is 509 g/mol. The summed E-state index contributed by atoms with van der Waals surface area (Å²) >= 11 is 0. The van der Waals surface area contributed by atoms with Gasteiger partial charge in [-0.3, -0.25) is 4.79 Å². The van der Waals surface area contributed by atoms with Gasteiger partial charge in [0.05, 0.1) is 12.8 Å². The number of pyridine rings is 1. The molecule has 0 saturated carbocycles. The maximum absolute atomic E-state index is 12.5. The summed E-state index contributed by atoms with van der Waals surface area (Å²) in [6.45, 7) is 6.05. The molecule has 1 aliphatic rings. The molecule has 0 radical (unpaired) electrons. The van der Waals surface area contributed by atoms with Crippen molar-refractivity contribution in [1.29, 1.82) is 0 Å². The zero-order valence-corrected chi connectivity index (χ0v) is 19.7. The number of rotatable bonds is 5. The van der Waals surface area contributed by atoms with Gasteiger partial charge in [0.2, 0.25) is 0 Å². The lowest BCUT2D eigenvalue weighted by Crippen LogP contribution is -2.53. The fourth-order valence-corrected chi connectivity index (χ4v) is 3.36. The van der Waals surface area contributed by atoms with E-state index in [4.69, 9.17) is 9.41 Å². The molecule has 1 fully saturated rings. The van der Waals surface area contributed by atoms with Gasteiger partial charge >= 0.3 is 0 Å². The van der Waals surface area contributed by atoms with Gasteiger partial charge in [-0.15, -0.1) is 24.0 Å².